The molecule has 0 aromatic carbocycles. The molecule has 0 aromatic heterocycles. The monoisotopic (exact) mass is 194 g/mol. The van der Waals surface area contributed by atoms with Crippen molar-refractivity contribution in [2.45, 2.75) is 39.5 Å². The quantitative estimate of drug-likeness (QED) is 0.541. The van der Waals surface area contributed by atoms with Crippen LogP contribution in [0.5, 0.6) is 0 Å². The number of allylic oxidation sites excluding steroid dienone is 2. The molecule has 2 nitrogen and oxygen atoms in total. The lowest BCUT2D eigenvalue weighted by atomic mass is 9.71. The molecule has 1 atom stereocenters. The molecule has 2 heteroatoms. The van der Waals surface area contributed by atoms with Crippen molar-refractivity contribution in [2.24, 2.45) is 5.41 Å². The van der Waals surface area contributed by atoms with Crippen LogP contribution in [0.4, 0.5) is 0 Å². The largest absolute Gasteiger partial charge is 0.478 e. The highest BCUT2D eigenvalue weighted by Crippen LogP contribution is 2.41. The Morgan fingerprint density at radius 1 is 1.57 bits per heavy atom. The Labute approximate surface area is 85.3 Å². The summed E-state index contributed by atoms with van der Waals surface area (Å²) in [6, 6.07) is 0. The highest BCUT2D eigenvalue weighted by Gasteiger charge is 2.28. The number of carboxylic acids is 1. The molecule has 14 heavy (non-hydrogen) atoms. The van der Waals surface area contributed by atoms with Crippen molar-refractivity contribution >= 4 is 5.97 Å². The van der Waals surface area contributed by atoms with Crippen LogP contribution in [0.2, 0.25) is 0 Å². The minimum absolute atomic E-state index is 0.0965. The predicted molar refractivity (Wildman–Crippen MR) is 57.1 cm³/mol. The number of aliphatic carboxylic acids is 1. The van der Waals surface area contributed by atoms with Gasteiger partial charge in [-0.05, 0) is 26.2 Å². The maximum atomic E-state index is 10.7. The molecule has 1 aliphatic carbocycles. The third kappa shape index (κ3) is 2.25. The zero-order chi connectivity index (χ0) is 10.8. The van der Waals surface area contributed by atoms with Gasteiger partial charge in [0.05, 0.1) is 0 Å². The lowest BCUT2D eigenvalue weighted by Crippen LogP contribution is -2.21. The van der Waals surface area contributed by atoms with Gasteiger partial charge in [0.2, 0.25) is 0 Å². The zero-order valence-corrected chi connectivity index (χ0v) is 8.97. The Morgan fingerprint density at radius 2 is 2.21 bits per heavy atom. The van der Waals surface area contributed by atoms with Crippen LogP contribution in [-0.4, -0.2) is 11.1 Å². The third-order valence-corrected chi connectivity index (χ3v) is 3.10. The van der Waals surface area contributed by atoms with Gasteiger partial charge in [-0.15, -0.1) is 0 Å². The number of rotatable bonds is 2. The Morgan fingerprint density at radius 3 is 2.71 bits per heavy atom. The fraction of sp³-hybridized carbons (Fsp3) is 0.583. The maximum Gasteiger partial charge on any atom is 0.330 e. The van der Waals surface area contributed by atoms with Crippen LogP contribution in [0.25, 0.3) is 0 Å². The molecular formula is C12H18O2. The number of carboxylic acid groups (broad SMARTS) is 1. The number of hydrogen-bond donors (Lipinski definition) is 1. The Balaban J connectivity index is 2.88. The first-order valence-corrected chi connectivity index (χ1v) is 5.07. The number of hydrogen-bond acceptors (Lipinski definition) is 1. The van der Waals surface area contributed by atoms with Crippen molar-refractivity contribution in [2.75, 3.05) is 0 Å². The molecule has 0 spiro atoms. The fourth-order valence-corrected chi connectivity index (χ4v) is 2.01. The summed E-state index contributed by atoms with van der Waals surface area (Å²) in [6.07, 6.45) is 6.26. The van der Waals surface area contributed by atoms with E-state index in [-0.39, 0.29) is 5.41 Å². The van der Waals surface area contributed by atoms with Crippen molar-refractivity contribution in [3.05, 3.63) is 23.8 Å². The van der Waals surface area contributed by atoms with Crippen LogP contribution < -0.4 is 0 Å². The molecule has 1 saturated carbocycles. The van der Waals surface area contributed by atoms with Gasteiger partial charge in [-0.2, -0.15) is 0 Å². The van der Waals surface area contributed by atoms with Crippen LogP contribution in [0.3, 0.4) is 0 Å². The average Bonchev–Trinajstić information content (AvgIpc) is 2.10. The summed E-state index contributed by atoms with van der Waals surface area (Å²) in [7, 11) is 0. The van der Waals surface area contributed by atoms with Crippen molar-refractivity contribution in [1.29, 1.82) is 0 Å². The van der Waals surface area contributed by atoms with Crippen molar-refractivity contribution < 1.29 is 9.90 Å². The van der Waals surface area contributed by atoms with Crippen LogP contribution in [0.1, 0.15) is 39.5 Å². The van der Waals surface area contributed by atoms with Gasteiger partial charge in [-0.25, -0.2) is 4.79 Å². The topological polar surface area (TPSA) is 37.3 Å². The Bertz CT molecular complexity index is 289. The molecule has 0 radical (unpaired) electrons. The SMILES string of the molecule is C=C1CCCCC1(C)/C=C(\C)C(=O)O. The summed E-state index contributed by atoms with van der Waals surface area (Å²) >= 11 is 0. The second kappa shape index (κ2) is 3.99. The van der Waals surface area contributed by atoms with E-state index >= 15 is 0 Å². The summed E-state index contributed by atoms with van der Waals surface area (Å²) in [5.74, 6) is -0.829. The second-order valence-electron chi connectivity index (χ2n) is 4.36. The second-order valence-corrected chi connectivity index (χ2v) is 4.36. The molecule has 1 fully saturated rings. The highest BCUT2D eigenvalue weighted by molar-refractivity contribution is 5.86. The molecule has 0 bridgehead atoms. The lowest BCUT2D eigenvalue weighted by molar-refractivity contribution is -0.132. The molecule has 78 valence electrons. The number of carbonyl (C=O) groups is 1. The van der Waals surface area contributed by atoms with Crippen LogP contribution >= 0.6 is 0 Å². The third-order valence-electron chi connectivity index (χ3n) is 3.10. The van der Waals surface area contributed by atoms with Gasteiger partial charge in [0, 0.05) is 11.0 Å². The van der Waals surface area contributed by atoms with E-state index in [1.807, 2.05) is 6.08 Å². The molecule has 0 saturated heterocycles. The first kappa shape index (κ1) is 11.0. The summed E-state index contributed by atoms with van der Waals surface area (Å²) in [5.41, 5.74) is 1.50. The van der Waals surface area contributed by atoms with Gasteiger partial charge in [0.25, 0.3) is 0 Å². The predicted octanol–water partition coefficient (Wildman–Crippen LogP) is 3.15. The fourth-order valence-electron chi connectivity index (χ4n) is 2.01. The maximum absolute atomic E-state index is 10.7. The first-order chi connectivity index (χ1) is 6.46. The molecule has 1 N–H and O–H groups in total. The minimum Gasteiger partial charge on any atom is -0.478 e. The van der Waals surface area contributed by atoms with E-state index in [0.29, 0.717) is 5.57 Å². The van der Waals surface area contributed by atoms with Gasteiger partial charge in [-0.3, -0.25) is 0 Å². The molecule has 0 heterocycles. The standard InChI is InChI=1S/C12H18O2/c1-9(11(13)14)8-12(3)7-5-4-6-10(12)2/h8H,2,4-7H2,1,3H3,(H,13,14)/b9-8+. The van der Waals surface area contributed by atoms with Gasteiger partial charge in [0.1, 0.15) is 0 Å². The molecule has 0 amide bonds. The van der Waals surface area contributed by atoms with E-state index in [0.717, 1.165) is 12.8 Å². The van der Waals surface area contributed by atoms with Crippen molar-refractivity contribution in [3.63, 3.8) is 0 Å². The molecule has 1 rings (SSSR count). The summed E-state index contributed by atoms with van der Waals surface area (Å²) in [5, 5.41) is 8.82. The van der Waals surface area contributed by atoms with E-state index < -0.39 is 5.97 Å². The molecular weight excluding hydrogens is 176 g/mol. The van der Waals surface area contributed by atoms with Crippen molar-refractivity contribution in [1.82, 2.24) is 0 Å². The van der Waals surface area contributed by atoms with Gasteiger partial charge in [-0.1, -0.05) is 31.6 Å². The Kier molecular flexibility index (Phi) is 3.14. The van der Waals surface area contributed by atoms with Crippen LogP contribution in [-0.2, 0) is 4.79 Å². The molecule has 1 aliphatic rings. The van der Waals surface area contributed by atoms with E-state index in [1.54, 1.807) is 6.92 Å². The molecule has 1 unspecified atom stereocenters. The molecule has 0 aromatic rings. The lowest BCUT2D eigenvalue weighted by Gasteiger charge is -2.33. The smallest absolute Gasteiger partial charge is 0.330 e. The zero-order valence-electron chi connectivity index (χ0n) is 8.97. The highest BCUT2D eigenvalue weighted by atomic mass is 16.4. The van der Waals surface area contributed by atoms with Crippen LogP contribution in [0, 0.1) is 5.41 Å². The van der Waals surface area contributed by atoms with E-state index in [1.165, 1.54) is 18.4 Å². The normalized spacial score (nSPS) is 29.0. The molecule has 0 aliphatic heterocycles. The average molecular weight is 194 g/mol. The van der Waals surface area contributed by atoms with Gasteiger partial charge < -0.3 is 5.11 Å². The van der Waals surface area contributed by atoms with E-state index in [9.17, 15) is 4.79 Å². The summed E-state index contributed by atoms with van der Waals surface area (Å²) in [4.78, 5) is 10.7. The summed E-state index contributed by atoms with van der Waals surface area (Å²) in [6.45, 7) is 7.77. The summed E-state index contributed by atoms with van der Waals surface area (Å²) < 4.78 is 0. The van der Waals surface area contributed by atoms with Crippen LogP contribution in [0.15, 0.2) is 23.8 Å². The van der Waals surface area contributed by atoms with E-state index in [4.69, 9.17) is 5.11 Å². The van der Waals surface area contributed by atoms with Gasteiger partial charge in [0.15, 0.2) is 0 Å². The Hall–Kier alpha value is -1.05. The minimum atomic E-state index is -0.829. The van der Waals surface area contributed by atoms with E-state index in [2.05, 4.69) is 13.5 Å². The van der Waals surface area contributed by atoms with Crippen molar-refractivity contribution in [3.8, 4) is 0 Å². The van der Waals surface area contributed by atoms with Gasteiger partial charge >= 0.3 is 5.97 Å². The first-order valence-electron chi connectivity index (χ1n) is 5.07.